The lowest BCUT2D eigenvalue weighted by Gasteiger charge is -2.20. The molecule has 3 aromatic carbocycles. The summed E-state index contributed by atoms with van der Waals surface area (Å²) in [6.45, 7) is 10.2. The van der Waals surface area contributed by atoms with Crippen LogP contribution in [-0.4, -0.2) is 28.6 Å². The first kappa shape index (κ1) is 22.2. The lowest BCUT2D eigenvalue weighted by atomic mass is 10.1. The number of amides is 1. The second kappa shape index (κ2) is 8.98. The highest BCUT2D eigenvalue weighted by molar-refractivity contribution is 5.97. The van der Waals surface area contributed by atoms with E-state index in [0.29, 0.717) is 26.1 Å². The first-order valence-corrected chi connectivity index (χ1v) is 11.9. The minimum Gasteiger partial charge on any atom is -0.491 e. The van der Waals surface area contributed by atoms with Crippen LogP contribution in [0.15, 0.2) is 60.7 Å². The fourth-order valence-electron chi connectivity index (χ4n) is 5.13. The van der Waals surface area contributed by atoms with E-state index in [2.05, 4.69) is 74.7 Å². The summed E-state index contributed by atoms with van der Waals surface area (Å²) in [5.41, 5.74) is 7.66. The zero-order valence-corrected chi connectivity index (χ0v) is 20.3. The van der Waals surface area contributed by atoms with E-state index in [4.69, 9.17) is 9.72 Å². The lowest BCUT2D eigenvalue weighted by Crippen LogP contribution is -2.25. The van der Waals surface area contributed by atoms with Crippen molar-refractivity contribution in [3.8, 4) is 5.75 Å². The van der Waals surface area contributed by atoms with E-state index in [1.54, 1.807) is 0 Å². The van der Waals surface area contributed by atoms with Gasteiger partial charge in [0.25, 0.3) is 0 Å². The third kappa shape index (κ3) is 4.07. The predicted octanol–water partition coefficient (Wildman–Crippen LogP) is 5.87. The Kier molecular flexibility index (Phi) is 5.86. The van der Waals surface area contributed by atoms with Crippen molar-refractivity contribution in [3.63, 3.8) is 0 Å². The summed E-state index contributed by atoms with van der Waals surface area (Å²) in [6.07, 6.45) is 0.467. The van der Waals surface area contributed by atoms with Gasteiger partial charge in [0.05, 0.1) is 17.6 Å². The molecule has 1 fully saturated rings. The second-order valence-corrected chi connectivity index (χ2v) is 9.38. The Hall–Kier alpha value is -3.60. The summed E-state index contributed by atoms with van der Waals surface area (Å²) < 4.78 is 8.46. The molecule has 34 heavy (non-hydrogen) atoms. The first-order chi connectivity index (χ1) is 16.4. The van der Waals surface area contributed by atoms with Crippen LogP contribution in [-0.2, 0) is 11.3 Å². The normalized spacial score (nSPS) is 15.9. The Labute approximate surface area is 201 Å². The quantitative estimate of drug-likeness (QED) is 0.367. The number of hydrogen-bond donors (Lipinski definition) is 0. The van der Waals surface area contributed by atoms with Crippen molar-refractivity contribution < 1.29 is 9.53 Å². The van der Waals surface area contributed by atoms with Crippen LogP contribution in [0.3, 0.4) is 0 Å². The third-order valence-electron chi connectivity index (χ3n) is 6.79. The van der Waals surface area contributed by atoms with Crippen LogP contribution in [0, 0.1) is 27.7 Å². The standard InChI is InChI=1S/C29H31N3O2/c1-19-12-13-25(22(4)16-19)32-18-23(17-27(32)33)29-30-24-10-5-6-11-26(24)31(29)14-15-34-28-20(2)8-7-9-21(28)3/h5-13,16,23H,14-15,17-18H2,1-4H3. The second-order valence-electron chi connectivity index (χ2n) is 9.38. The maximum Gasteiger partial charge on any atom is 0.227 e. The van der Waals surface area contributed by atoms with Gasteiger partial charge >= 0.3 is 0 Å². The average molecular weight is 454 g/mol. The number of aromatic nitrogens is 2. The Morgan fingerprint density at radius 3 is 2.47 bits per heavy atom. The van der Waals surface area contributed by atoms with Crippen LogP contribution < -0.4 is 9.64 Å². The number of ether oxygens (including phenoxy) is 1. The van der Waals surface area contributed by atoms with Gasteiger partial charge < -0.3 is 14.2 Å². The molecule has 0 spiro atoms. The van der Waals surface area contributed by atoms with Gasteiger partial charge in [0.2, 0.25) is 5.91 Å². The highest BCUT2D eigenvalue weighted by atomic mass is 16.5. The van der Waals surface area contributed by atoms with Crippen molar-refractivity contribution in [2.45, 2.75) is 46.6 Å². The van der Waals surface area contributed by atoms with Gasteiger partial charge in [-0.25, -0.2) is 4.98 Å². The maximum absolute atomic E-state index is 13.1. The number of rotatable bonds is 6. The van der Waals surface area contributed by atoms with Gasteiger partial charge in [-0.1, -0.05) is 48.0 Å². The summed E-state index contributed by atoms with van der Waals surface area (Å²) in [4.78, 5) is 20.0. The Balaban J connectivity index is 1.42. The predicted molar refractivity (Wildman–Crippen MR) is 137 cm³/mol. The van der Waals surface area contributed by atoms with Crippen LogP contribution in [0.2, 0.25) is 0 Å². The molecular weight excluding hydrogens is 422 g/mol. The highest BCUT2D eigenvalue weighted by Gasteiger charge is 2.35. The van der Waals surface area contributed by atoms with Crippen molar-refractivity contribution in [2.75, 3.05) is 18.1 Å². The van der Waals surface area contributed by atoms with Crippen molar-refractivity contribution >= 4 is 22.6 Å². The van der Waals surface area contributed by atoms with E-state index in [9.17, 15) is 4.79 Å². The SMILES string of the molecule is Cc1ccc(N2CC(c3nc4ccccc4n3CCOc3c(C)cccc3C)CC2=O)c(C)c1. The van der Waals surface area contributed by atoms with Gasteiger partial charge in [-0.3, -0.25) is 4.79 Å². The molecule has 0 saturated carbocycles. The van der Waals surface area contributed by atoms with Gasteiger partial charge in [-0.15, -0.1) is 0 Å². The summed E-state index contributed by atoms with van der Waals surface area (Å²) >= 11 is 0. The largest absolute Gasteiger partial charge is 0.491 e. The third-order valence-corrected chi connectivity index (χ3v) is 6.79. The minimum absolute atomic E-state index is 0.0424. The molecular formula is C29H31N3O2. The van der Waals surface area contributed by atoms with Gasteiger partial charge in [0.15, 0.2) is 0 Å². The van der Waals surface area contributed by atoms with Gasteiger partial charge in [0.1, 0.15) is 18.2 Å². The van der Waals surface area contributed by atoms with Crippen LogP contribution in [0.5, 0.6) is 5.75 Å². The number of anilines is 1. The van der Waals surface area contributed by atoms with Gasteiger partial charge in [-0.2, -0.15) is 0 Å². The number of nitrogens with zero attached hydrogens (tertiary/aromatic N) is 3. The molecule has 0 N–H and O–H groups in total. The van der Waals surface area contributed by atoms with Crippen molar-refractivity contribution in [3.05, 3.63) is 88.7 Å². The molecule has 1 saturated heterocycles. The molecule has 5 rings (SSSR count). The molecule has 5 nitrogen and oxygen atoms in total. The molecule has 1 aliphatic heterocycles. The molecule has 5 heteroatoms. The number of benzene rings is 3. The minimum atomic E-state index is 0.0424. The Morgan fingerprint density at radius 1 is 0.941 bits per heavy atom. The van der Waals surface area contributed by atoms with Gasteiger partial charge in [-0.05, 0) is 62.6 Å². The summed E-state index contributed by atoms with van der Waals surface area (Å²) in [7, 11) is 0. The zero-order chi connectivity index (χ0) is 23.8. The molecule has 0 radical (unpaired) electrons. The summed E-state index contributed by atoms with van der Waals surface area (Å²) in [5, 5.41) is 0. The Bertz CT molecular complexity index is 1350. The average Bonchev–Trinajstić information content (AvgIpc) is 3.36. The number of aryl methyl sites for hydroxylation is 4. The van der Waals surface area contributed by atoms with Crippen molar-refractivity contribution in [2.24, 2.45) is 0 Å². The molecule has 1 aromatic heterocycles. The summed E-state index contributed by atoms with van der Waals surface area (Å²) in [5.74, 6) is 2.11. The Morgan fingerprint density at radius 2 is 1.71 bits per heavy atom. The number of hydrogen-bond acceptors (Lipinski definition) is 3. The number of imidazole rings is 1. The number of carbonyl (C=O) groups is 1. The molecule has 174 valence electrons. The fourth-order valence-corrected chi connectivity index (χ4v) is 5.13. The topological polar surface area (TPSA) is 47.4 Å². The van der Waals surface area contributed by atoms with E-state index >= 15 is 0 Å². The fraction of sp³-hybridized carbons (Fsp3) is 0.310. The summed E-state index contributed by atoms with van der Waals surface area (Å²) in [6, 6.07) is 20.7. The molecule has 4 aromatic rings. The van der Waals surface area contributed by atoms with E-state index in [-0.39, 0.29) is 11.8 Å². The molecule has 1 amide bonds. The van der Waals surface area contributed by atoms with Crippen LogP contribution in [0.25, 0.3) is 11.0 Å². The van der Waals surface area contributed by atoms with E-state index in [1.165, 1.54) is 5.56 Å². The van der Waals surface area contributed by atoms with E-state index in [0.717, 1.165) is 45.0 Å². The zero-order valence-electron chi connectivity index (χ0n) is 20.3. The maximum atomic E-state index is 13.1. The number of carbonyl (C=O) groups excluding carboxylic acids is 1. The van der Waals surface area contributed by atoms with Crippen LogP contribution >= 0.6 is 0 Å². The molecule has 0 aliphatic carbocycles. The lowest BCUT2D eigenvalue weighted by molar-refractivity contribution is -0.117. The van der Waals surface area contributed by atoms with Crippen LogP contribution in [0.4, 0.5) is 5.69 Å². The number of fused-ring (bicyclic) bond motifs is 1. The molecule has 2 heterocycles. The number of para-hydroxylation sites is 3. The van der Waals surface area contributed by atoms with E-state index < -0.39 is 0 Å². The molecule has 1 unspecified atom stereocenters. The molecule has 1 aliphatic rings. The first-order valence-electron chi connectivity index (χ1n) is 11.9. The van der Waals surface area contributed by atoms with Gasteiger partial charge in [0, 0.05) is 24.6 Å². The van der Waals surface area contributed by atoms with Crippen molar-refractivity contribution in [1.29, 1.82) is 0 Å². The monoisotopic (exact) mass is 453 g/mol. The highest BCUT2D eigenvalue weighted by Crippen LogP contribution is 2.35. The smallest absolute Gasteiger partial charge is 0.227 e. The van der Waals surface area contributed by atoms with E-state index in [1.807, 2.05) is 23.1 Å². The molecule has 1 atom stereocenters. The van der Waals surface area contributed by atoms with Crippen LogP contribution in [0.1, 0.15) is 40.4 Å². The molecule has 0 bridgehead atoms. The van der Waals surface area contributed by atoms with Crippen molar-refractivity contribution in [1.82, 2.24) is 9.55 Å².